The summed E-state index contributed by atoms with van der Waals surface area (Å²) in [4.78, 5) is 2.25. The van der Waals surface area contributed by atoms with Crippen molar-refractivity contribution < 1.29 is 14.6 Å². The molecule has 0 rings (SSSR count). The molecule has 18 heavy (non-hydrogen) atoms. The highest BCUT2D eigenvalue weighted by atomic mass is 16.5. The fourth-order valence-corrected chi connectivity index (χ4v) is 1.80. The normalized spacial score (nSPS) is 13.5. The van der Waals surface area contributed by atoms with Gasteiger partial charge >= 0.3 is 0 Å². The Kier molecular flexibility index (Phi) is 11.7. The molecule has 0 amide bonds. The van der Waals surface area contributed by atoms with E-state index in [0.717, 1.165) is 19.6 Å². The van der Waals surface area contributed by atoms with Crippen molar-refractivity contribution in [3.8, 4) is 0 Å². The summed E-state index contributed by atoms with van der Waals surface area (Å²) in [6, 6.07) is 0. The number of nitrogens with one attached hydrogen (secondary N) is 1. The maximum atomic E-state index is 9.95. The maximum absolute atomic E-state index is 9.95. The molecule has 0 aromatic heterocycles. The third-order valence-electron chi connectivity index (χ3n) is 2.57. The van der Waals surface area contributed by atoms with Gasteiger partial charge in [0.2, 0.25) is 0 Å². The number of aliphatic hydroxyl groups excluding tert-OH is 1. The lowest BCUT2D eigenvalue weighted by molar-refractivity contribution is 0.0809. The van der Waals surface area contributed by atoms with Crippen LogP contribution in [0.1, 0.15) is 13.8 Å². The topological polar surface area (TPSA) is 54.0 Å². The van der Waals surface area contributed by atoms with Gasteiger partial charge in [0, 0.05) is 46.9 Å². The van der Waals surface area contributed by atoms with Gasteiger partial charge in [0.25, 0.3) is 0 Å². The van der Waals surface area contributed by atoms with Crippen LogP contribution in [0.5, 0.6) is 0 Å². The van der Waals surface area contributed by atoms with E-state index in [0.29, 0.717) is 32.2 Å². The Balaban J connectivity index is 3.81. The Hall–Kier alpha value is -0.200. The third-order valence-corrected chi connectivity index (χ3v) is 2.57. The molecule has 0 aromatic carbocycles. The summed E-state index contributed by atoms with van der Waals surface area (Å²) in [6.45, 7) is 9.65. The van der Waals surface area contributed by atoms with Gasteiger partial charge in [0.15, 0.2) is 0 Å². The number of rotatable bonds is 12. The zero-order chi connectivity index (χ0) is 13.8. The van der Waals surface area contributed by atoms with Crippen LogP contribution in [0.15, 0.2) is 0 Å². The molecule has 5 nitrogen and oxygen atoms in total. The molecule has 0 aliphatic carbocycles. The lowest BCUT2D eigenvalue weighted by Gasteiger charge is -2.26. The summed E-state index contributed by atoms with van der Waals surface area (Å²) in [5, 5.41) is 13.1. The van der Waals surface area contributed by atoms with Crippen LogP contribution in [0.3, 0.4) is 0 Å². The number of ether oxygens (including phenoxy) is 2. The molecule has 1 atom stereocenters. The van der Waals surface area contributed by atoms with Crippen LogP contribution in [0.4, 0.5) is 0 Å². The van der Waals surface area contributed by atoms with Crippen molar-refractivity contribution in [3.05, 3.63) is 0 Å². The standard InChI is InChI=1S/C13H30N2O3/c1-12(2)10-15(6-8-18-4)11-13(16)9-14-5-7-17-3/h12-14,16H,5-11H2,1-4H3. The molecule has 0 saturated carbocycles. The van der Waals surface area contributed by atoms with E-state index in [1.165, 1.54) is 0 Å². The second-order valence-corrected chi connectivity index (χ2v) is 5.00. The largest absolute Gasteiger partial charge is 0.390 e. The summed E-state index contributed by atoms with van der Waals surface area (Å²) in [7, 11) is 3.38. The lowest BCUT2D eigenvalue weighted by Crippen LogP contribution is -2.41. The summed E-state index contributed by atoms with van der Waals surface area (Å²) in [6.07, 6.45) is -0.350. The monoisotopic (exact) mass is 262 g/mol. The van der Waals surface area contributed by atoms with Gasteiger partial charge in [0.1, 0.15) is 0 Å². The maximum Gasteiger partial charge on any atom is 0.0791 e. The summed E-state index contributed by atoms with van der Waals surface area (Å²) >= 11 is 0. The minimum atomic E-state index is -0.350. The van der Waals surface area contributed by atoms with Crippen molar-refractivity contribution in [2.75, 3.05) is 60.2 Å². The minimum Gasteiger partial charge on any atom is -0.390 e. The van der Waals surface area contributed by atoms with Gasteiger partial charge < -0.3 is 19.9 Å². The highest BCUT2D eigenvalue weighted by Crippen LogP contribution is 2.00. The number of hydrogen-bond donors (Lipinski definition) is 2. The Labute approximate surface area is 111 Å². The van der Waals surface area contributed by atoms with Crippen LogP contribution in [-0.4, -0.2) is 76.3 Å². The van der Waals surface area contributed by atoms with E-state index in [-0.39, 0.29) is 6.10 Å². The second-order valence-electron chi connectivity index (χ2n) is 5.00. The van der Waals surface area contributed by atoms with E-state index < -0.39 is 0 Å². The number of methoxy groups -OCH3 is 2. The first-order valence-electron chi connectivity index (χ1n) is 6.69. The molecular weight excluding hydrogens is 232 g/mol. The molecule has 0 bridgehead atoms. The zero-order valence-electron chi connectivity index (χ0n) is 12.3. The van der Waals surface area contributed by atoms with E-state index in [1.807, 2.05) is 0 Å². The molecule has 0 heterocycles. The minimum absolute atomic E-state index is 0.350. The van der Waals surface area contributed by atoms with Crippen LogP contribution >= 0.6 is 0 Å². The molecule has 0 aromatic rings. The Bertz CT molecular complexity index is 180. The van der Waals surface area contributed by atoms with Gasteiger partial charge in [-0.3, -0.25) is 4.90 Å². The average Bonchev–Trinajstić information content (AvgIpc) is 2.31. The quantitative estimate of drug-likeness (QED) is 0.492. The predicted octanol–water partition coefficient (Wildman–Crippen LogP) is 0.188. The van der Waals surface area contributed by atoms with Crippen molar-refractivity contribution >= 4 is 0 Å². The van der Waals surface area contributed by atoms with Gasteiger partial charge in [0.05, 0.1) is 19.3 Å². The van der Waals surface area contributed by atoms with Gasteiger partial charge in [-0.25, -0.2) is 0 Å². The van der Waals surface area contributed by atoms with E-state index in [1.54, 1.807) is 14.2 Å². The lowest BCUT2D eigenvalue weighted by atomic mass is 10.2. The molecule has 1 unspecified atom stereocenters. The van der Waals surface area contributed by atoms with E-state index >= 15 is 0 Å². The van der Waals surface area contributed by atoms with Crippen molar-refractivity contribution in [2.24, 2.45) is 5.92 Å². The van der Waals surface area contributed by atoms with Gasteiger partial charge in [-0.2, -0.15) is 0 Å². The van der Waals surface area contributed by atoms with Crippen molar-refractivity contribution in [1.82, 2.24) is 10.2 Å². The SMILES string of the molecule is COCCNCC(O)CN(CCOC)CC(C)C. The van der Waals surface area contributed by atoms with Gasteiger partial charge in [-0.15, -0.1) is 0 Å². The van der Waals surface area contributed by atoms with Gasteiger partial charge in [-0.1, -0.05) is 13.8 Å². The number of nitrogens with zero attached hydrogens (tertiary/aromatic N) is 1. The van der Waals surface area contributed by atoms with Crippen molar-refractivity contribution in [2.45, 2.75) is 20.0 Å². The molecule has 5 heteroatoms. The van der Waals surface area contributed by atoms with Crippen LogP contribution in [-0.2, 0) is 9.47 Å². The second kappa shape index (κ2) is 11.9. The molecule has 2 N–H and O–H groups in total. The van der Waals surface area contributed by atoms with Gasteiger partial charge in [-0.05, 0) is 5.92 Å². The zero-order valence-corrected chi connectivity index (χ0v) is 12.3. The van der Waals surface area contributed by atoms with E-state index in [4.69, 9.17) is 9.47 Å². The Morgan fingerprint density at radius 1 is 1.11 bits per heavy atom. The van der Waals surface area contributed by atoms with Crippen LogP contribution in [0.25, 0.3) is 0 Å². The summed E-state index contributed by atoms with van der Waals surface area (Å²) in [5.41, 5.74) is 0. The first kappa shape index (κ1) is 17.8. The summed E-state index contributed by atoms with van der Waals surface area (Å²) in [5.74, 6) is 0.593. The highest BCUT2D eigenvalue weighted by Gasteiger charge is 2.12. The third kappa shape index (κ3) is 10.9. The highest BCUT2D eigenvalue weighted by molar-refractivity contribution is 4.68. The fraction of sp³-hybridized carbons (Fsp3) is 1.00. The van der Waals surface area contributed by atoms with Crippen molar-refractivity contribution in [1.29, 1.82) is 0 Å². The predicted molar refractivity (Wildman–Crippen MR) is 73.9 cm³/mol. The molecule has 0 spiro atoms. The summed E-state index contributed by atoms with van der Waals surface area (Å²) < 4.78 is 10.0. The smallest absolute Gasteiger partial charge is 0.0791 e. The van der Waals surface area contributed by atoms with Crippen molar-refractivity contribution in [3.63, 3.8) is 0 Å². The Morgan fingerprint density at radius 3 is 2.33 bits per heavy atom. The van der Waals surface area contributed by atoms with E-state index in [9.17, 15) is 5.11 Å². The van der Waals surface area contributed by atoms with Crippen LogP contribution in [0, 0.1) is 5.92 Å². The first-order valence-corrected chi connectivity index (χ1v) is 6.69. The Morgan fingerprint density at radius 2 is 1.78 bits per heavy atom. The number of hydrogen-bond acceptors (Lipinski definition) is 5. The average molecular weight is 262 g/mol. The van der Waals surface area contributed by atoms with E-state index in [2.05, 4.69) is 24.1 Å². The van der Waals surface area contributed by atoms with Crippen LogP contribution < -0.4 is 5.32 Å². The molecule has 0 aliphatic heterocycles. The molecule has 0 fully saturated rings. The number of aliphatic hydroxyl groups is 1. The van der Waals surface area contributed by atoms with Crippen LogP contribution in [0.2, 0.25) is 0 Å². The molecule has 0 saturated heterocycles. The molecule has 110 valence electrons. The fourth-order valence-electron chi connectivity index (χ4n) is 1.80. The molecule has 0 radical (unpaired) electrons. The first-order chi connectivity index (χ1) is 8.60. The molecule has 0 aliphatic rings. The molecular formula is C13H30N2O3.